The van der Waals surface area contributed by atoms with Gasteiger partial charge >= 0.3 is 6.03 Å². The van der Waals surface area contributed by atoms with Gasteiger partial charge in [0, 0.05) is 19.2 Å². The second kappa shape index (κ2) is 5.21. The van der Waals surface area contributed by atoms with E-state index in [2.05, 4.69) is 10.5 Å². The first kappa shape index (κ1) is 12.0. The maximum Gasteiger partial charge on any atom is 0.317 e. The first-order chi connectivity index (χ1) is 8.22. The molecule has 0 bridgehead atoms. The summed E-state index contributed by atoms with van der Waals surface area (Å²) in [5.74, 6) is 0.792. The molecule has 1 aromatic heterocycles. The maximum absolute atomic E-state index is 12.0. The van der Waals surface area contributed by atoms with E-state index in [0.29, 0.717) is 0 Å². The van der Waals surface area contributed by atoms with Crippen molar-refractivity contribution in [2.24, 2.45) is 0 Å². The molecule has 1 aliphatic heterocycles. The molecule has 1 aromatic rings. The molecule has 0 saturated carbocycles. The second-order valence-electron chi connectivity index (χ2n) is 4.45. The minimum atomic E-state index is 0.00926. The third kappa shape index (κ3) is 2.60. The molecule has 0 aliphatic carbocycles. The summed E-state index contributed by atoms with van der Waals surface area (Å²) in [6.07, 6.45) is 2.94. The Morgan fingerprint density at radius 1 is 1.71 bits per heavy atom. The summed E-state index contributed by atoms with van der Waals surface area (Å²) in [5, 5.41) is 6.92. The van der Waals surface area contributed by atoms with Crippen LogP contribution in [0.4, 0.5) is 4.79 Å². The quantitative estimate of drug-likeness (QED) is 0.877. The molecule has 1 N–H and O–H groups in total. The summed E-state index contributed by atoms with van der Waals surface area (Å²) in [6.45, 7) is 5.43. The lowest BCUT2D eigenvalue weighted by atomic mass is 10.1. The van der Waals surface area contributed by atoms with Gasteiger partial charge in [-0.15, -0.1) is 0 Å². The molecule has 0 radical (unpaired) electrons. The van der Waals surface area contributed by atoms with Crippen LogP contribution in [0.5, 0.6) is 0 Å². The fraction of sp³-hybridized carbons (Fsp3) is 0.667. The molecule has 1 saturated heterocycles. The van der Waals surface area contributed by atoms with Gasteiger partial charge in [0.05, 0.1) is 6.04 Å². The molecule has 1 unspecified atom stereocenters. The second-order valence-corrected chi connectivity index (χ2v) is 4.45. The van der Waals surface area contributed by atoms with E-state index in [-0.39, 0.29) is 12.1 Å². The molecular weight excluding hydrogens is 218 g/mol. The van der Waals surface area contributed by atoms with Crippen LogP contribution in [-0.2, 0) is 0 Å². The van der Waals surface area contributed by atoms with E-state index in [1.54, 1.807) is 0 Å². The molecule has 5 nitrogen and oxygen atoms in total. The topological polar surface area (TPSA) is 58.4 Å². The van der Waals surface area contributed by atoms with E-state index >= 15 is 0 Å². The SMILES string of the molecule is CCCNC(=O)N1CCCC1c1cc(C)on1. The Bertz CT molecular complexity index is 389. The molecule has 2 heterocycles. The number of likely N-dealkylation sites (tertiary alicyclic amines) is 1. The maximum atomic E-state index is 12.0. The number of hydrogen-bond donors (Lipinski definition) is 1. The zero-order valence-corrected chi connectivity index (χ0v) is 10.4. The van der Waals surface area contributed by atoms with Crippen molar-refractivity contribution in [2.75, 3.05) is 13.1 Å². The Hall–Kier alpha value is -1.52. The lowest BCUT2D eigenvalue weighted by Gasteiger charge is -2.23. The molecule has 1 atom stereocenters. The molecule has 0 spiro atoms. The van der Waals surface area contributed by atoms with Crippen LogP contribution in [0, 0.1) is 6.92 Å². The van der Waals surface area contributed by atoms with Crippen molar-refractivity contribution >= 4 is 6.03 Å². The van der Waals surface area contributed by atoms with E-state index in [4.69, 9.17) is 4.52 Å². The summed E-state index contributed by atoms with van der Waals surface area (Å²) in [5.41, 5.74) is 0.867. The molecule has 5 heteroatoms. The average molecular weight is 237 g/mol. The predicted molar refractivity (Wildman–Crippen MR) is 63.6 cm³/mol. The van der Waals surface area contributed by atoms with Crippen LogP contribution in [0.25, 0.3) is 0 Å². The first-order valence-electron chi connectivity index (χ1n) is 6.20. The lowest BCUT2D eigenvalue weighted by Crippen LogP contribution is -2.39. The van der Waals surface area contributed by atoms with Crippen molar-refractivity contribution in [3.63, 3.8) is 0 Å². The number of rotatable bonds is 3. The lowest BCUT2D eigenvalue weighted by molar-refractivity contribution is 0.191. The first-order valence-corrected chi connectivity index (χ1v) is 6.20. The number of carbonyl (C=O) groups excluding carboxylic acids is 1. The number of urea groups is 1. The zero-order chi connectivity index (χ0) is 12.3. The Morgan fingerprint density at radius 3 is 3.18 bits per heavy atom. The van der Waals surface area contributed by atoms with Crippen molar-refractivity contribution in [1.82, 2.24) is 15.4 Å². The van der Waals surface area contributed by atoms with Gasteiger partial charge < -0.3 is 14.7 Å². The molecule has 1 aliphatic rings. The highest BCUT2D eigenvalue weighted by molar-refractivity contribution is 5.75. The highest BCUT2D eigenvalue weighted by Gasteiger charge is 2.31. The number of aromatic nitrogens is 1. The number of hydrogen-bond acceptors (Lipinski definition) is 3. The number of carbonyl (C=O) groups is 1. The minimum Gasteiger partial charge on any atom is -0.361 e. The van der Waals surface area contributed by atoms with Crippen LogP contribution in [0.1, 0.15) is 43.7 Å². The van der Waals surface area contributed by atoms with Gasteiger partial charge in [0.2, 0.25) is 0 Å². The summed E-state index contributed by atoms with van der Waals surface area (Å²) < 4.78 is 5.08. The summed E-state index contributed by atoms with van der Waals surface area (Å²) in [7, 11) is 0. The van der Waals surface area contributed by atoms with Crippen LogP contribution in [0.2, 0.25) is 0 Å². The Kier molecular flexibility index (Phi) is 3.66. The smallest absolute Gasteiger partial charge is 0.317 e. The fourth-order valence-corrected chi connectivity index (χ4v) is 2.19. The third-order valence-corrected chi connectivity index (χ3v) is 3.03. The van der Waals surface area contributed by atoms with Gasteiger partial charge in [0.15, 0.2) is 0 Å². The molecule has 2 amide bonds. The Morgan fingerprint density at radius 2 is 2.53 bits per heavy atom. The van der Waals surface area contributed by atoms with E-state index < -0.39 is 0 Å². The normalized spacial score (nSPS) is 19.6. The van der Waals surface area contributed by atoms with Gasteiger partial charge in [-0.1, -0.05) is 12.1 Å². The number of aryl methyl sites for hydroxylation is 1. The number of nitrogens with one attached hydrogen (secondary N) is 1. The van der Waals surface area contributed by atoms with Crippen molar-refractivity contribution in [3.05, 3.63) is 17.5 Å². The van der Waals surface area contributed by atoms with Gasteiger partial charge in [-0.05, 0) is 26.2 Å². The molecule has 17 heavy (non-hydrogen) atoms. The summed E-state index contributed by atoms with van der Waals surface area (Å²) in [4.78, 5) is 13.8. The van der Waals surface area contributed by atoms with Gasteiger partial charge in [0.1, 0.15) is 11.5 Å². The van der Waals surface area contributed by atoms with Crippen LogP contribution < -0.4 is 5.32 Å². The average Bonchev–Trinajstić information content (AvgIpc) is 2.93. The minimum absolute atomic E-state index is 0.00926. The largest absolute Gasteiger partial charge is 0.361 e. The van der Waals surface area contributed by atoms with Gasteiger partial charge in [-0.3, -0.25) is 0 Å². The van der Waals surface area contributed by atoms with Crippen LogP contribution in [0.15, 0.2) is 10.6 Å². The van der Waals surface area contributed by atoms with Crippen molar-refractivity contribution in [2.45, 2.75) is 39.2 Å². The molecule has 2 rings (SSSR count). The standard InChI is InChI=1S/C12H19N3O2/c1-3-6-13-12(16)15-7-4-5-11(15)10-8-9(2)17-14-10/h8,11H,3-7H2,1-2H3,(H,13,16). The van der Waals surface area contributed by atoms with E-state index in [1.165, 1.54) is 0 Å². The Labute approximate surface area is 101 Å². The monoisotopic (exact) mass is 237 g/mol. The van der Waals surface area contributed by atoms with Crippen molar-refractivity contribution < 1.29 is 9.32 Å². The number of amides is 2. The van der Waals surface area contributed by atoms with Crippen LogP contribution >= 0.6 is 0 Å². The van der Waals surface area contributed by atoms with Gasteiger partial charge in [-0.2, -0.15) is 0 Å². The fourth-order valence-electron chi connectivity index (χ4n) is 2.19. The predicted octanol–water partition coefficient (Wildman–Crippen LogP) is 2.24. The van der Waals surface area contributed by atoms with Crippen molar-refractivity contribution in [3.8, 4) is 0 Å². The van der Waals surface area contributed by atoms with E-state index in [1.807, 2.05) is 24.8 Å². The highest BCUT2D eigenvalue weighted by atomic mass is 16.5. The van der Waals surface area contributed by atoms with Crippen molar-refractivity contribution in [1.29, 1.82) is 0 Å². The Balaban J connectivity index is 2.04. The molecule has 94 valence electrons. The summed E-state index contributed by atoms with van der Waals surface area (Å²) in [6, 6.07) is 2.00. The summed E-state index contributed by atoms with van der Waals surface area (Å²) >= 11 is 0. The zero-order valence-electron chi connectivity index (χ0n) is 10.4. The van der Waals surface area contributed by atoms with Crippen LogP contribution in [0.3, 0.4) is 0 Å². The molecule has 0 aromatic carbocycles. The van der Waals surface area contributed by atoms with Gasteiger partial charge in [0.25, 0.3) is 0 Å². The highest BCUT2D eigenvalue weighted by Crippen LogP contribution is 2.31. The van der Waals surface area contributed by atoms with E-state index in [9.17, 15) is 4.79 Å². The van der Waals surface area contributed by atoms with E-state index in [0.717, 1.165) is 43.8 Å². The number of nitrogens with zero attached hydrogens (tertiary/aromatic N) is 2. The third-order valence-electron chi connectivity index (χ3n) is 3.03. The molecular formula is C12H19N3O2. The van der Waals surface area contributed by atoms with Gasteiger partial charge in [-0.25, -0.2) is 4.79 Å². The van der Waals surface area contributed by atoms with Crippen LogP contribution in [-0.4, -0.2) is 29.2 Å². The molecule has 1 fully saturated rings.